The summed E-state index contributed by atoms with van der Waals surface area (Å²) in [7, 11) is 7.91. The summed E-state index contributed by atoms with van der Waals surface area (Å²) in [6.45, 7) is 15.5. The molecule has 14 nitrogen and oxygen atoms in total. The van der Waals surface area contributed by atoms with Crippen molar-refractivity contribution in [2.75, 3.05) is 35.5 Å². The van der Waals surface area contributed by atoms with Gasteiger partial charge >= 0.3 is 5.97 Å². The first-order chi connectivity index (χ1) is 31.8. The van der Waals surface area contributed by atoms with Crippen LogP contribution in [0.4, 0.5) is 4.39 Å². The quantitative estimate of drug-likeness (QED) is 0.0777. The van der Waals surface area contributed by atoms with Crippen LogP contribution < -0.4 is 25.4 Å². The number of hydrogen-bond acceptors (Lipinski definition) is 11. The van der Waals surface area contributed by atoms with Gasteiger partial charge in [-0.1, -0.05) is 80.0 Å². The van der Waals surface area contributed by atoms with Crippen LogP contribution in [0.3, 0.4) is 0 Å². The monoisotopic (exact) mass is 939 g/mol. The summed E-state index contributed by atoms with van der Waals surface area (Å²) in [5, 5.41) is 8.92. The molecule has 12 atom stereocenters. The van der Waals surface area contributed by atoms with Crippen LogP contribution in [0.15, 0.2) is 42.5 Å². The predicted octanol–water partition coefficient (Wildman–Crippen LogP) is 6.69. The van der Waals surface area contributed by atoms with E-state index in [0.29, 0.717) is 36.3 Å². The van der Waals surface area contributed by atoms with Crippen molar-refractivity contribution in [3.8, 4) is 11.5 Å². The van der Waals surface area contributed by atoms with Gasteiger partial charge in [0.2, 0.25) is 17.7 Å². The van der Waals surface area contributed by atoms with Crippen LogP contribution in [-0.2, 0) is 51.2 Å². The zero-order chi connectivity index (χ0) is 49.7. The fourth-order valence-electron chi connectivity index (χ4n) is 9.90. The van der Waals surface area contributed by atoms with Gasteiger partial charge in [0, 0.05) is 44.2 Å². The maximum atomic E-state index is 15.0. The van der Waals surface area contributed by atoms with Crippen LogP contribution in [0.5, 0.6) is 11.5 Å². The van der Waals surface area contributed by atoms with Gasteiger partial charge in [-0.25, -0.2) is 9.18 Å². The van der Waals surface area contributed by atoms with E-state index in [-0.39, 0.29) is 84.2 Å². The van der Waals surface area contributed by atoms with Crippen molar-refractivity contribution >= 4 is 29.5 Å². The molecule has 1 saturated carbocycles. The van der Waals surface area contributed by atoms with Gasteiger partial charge in [0.25, 0.3) is 0 Å². The Morgan fingerprint density at radius 2 is 1.49 bits per heavy atom. The number of benzene rings is 2. The molecule has 2 aliphatic rings. The van der Waals surface area contributed by atoms with Gasteiger partial charge in [-0.2, -0.15) is 0 Å². The molecule has 3 N–H and O–H groups in total. The largest absolute Gasteiger partial charge is 0.497 e. The highest BCUT2D eigenvalue weighted by molar-refractivity contribution is 5.92. The van der Waals surface area contributed by atoms with Crippen molar-refractivity contribution in [3.63, 3.8) is 0 Å². The number of nitrogens with zero attached hydrogens (tertiary/aromatic N) is 1. The number of esters is 1. The van der Waals surface area contributed by atoms with Crippen molar-refractivity contribution in [1.29, 1.82) is 0 Å². The van der Waals surface area contributed by atoms with Gasteiger partial charge in [-0.15, -0.1) is 0 Å². The van der Waals surface area contributed by atoms with E-state index in [4.69, 9.17) is 23.7 Å². The SMILES string of the molecule is CC[C@H](C)C(CCC(C)C(=O)[C@@H](NC(=O)[C@@H](NC)C(C)C)C(C)C)[C@@H](CC(=O)N1[C@H]2C[C@H]2C[C@H]1[C@H](OC)[C@@H](C)C(=O)NC(Cc1ccccc1F)C(=O)OCc1ccc(OC)cc1OC)OC. The number of carbonyl (C=O) groups excluding carboxylic acids is 5. The number of methoxy groups -OCH3 is 4. The Morgan fingerprint density at radius 3 is 2.07 bits per heavy atom. The first-order valence-corrected chi connectivity index (χ1v) is 24.1. The number of fused-ring (bicyclic) bond motifs is 1. The molecule has 2 fully saturated rings. The summed E-state index contributed by atoms with van der Waals surface area (Å²) in [5.74, 6) is -1.84. The molecule has 0 bridgehead atoms. The third-order valence-electron chi connectivity index (χ3n) is 14.3. The molecular weight excluding hydrogens is 860 g/mol. The molecule has 374 valence electrons. The van der Waals surface area contributed by atoms with E-state index in [9.17, 15) is 28.4 Å². The van der Waals surface area contributed by atoms with Crippen LogP contribution >= 0.6 is 0 Å². The maximum Gasteiger partial charge on any atom is 0.329 e. The highest BCUT2D eigenvalue weighted by Crippen LogP contribution is 2.50. The second-order valence-corrected chi connectivity index (χ2v) is 19.4. The molecule has 1 aliphatic heterocycles. The van der Waals surface area contributed by atoms with E-state index in [1.54, 1.807) is 57.5 Å². The molecule has 3 amide bonds. The Kier molecular flexibility index (Phi) is 21.1. The number of Topliss-reactive ketones (excluding diaryl/α,β-unsaturated/α-hetero) is 1. The van der Waals surface area contributed by atoms with Gasteiger partial charge in [-0.05, 0) is 86.1 Å². The lowest BCUT2D eigenvalue weighted by Gasteiger charge is -2.38. The number of likely N-dealkylation sites (tertiary alicyclic amines) is 1. The number of ketones is 1. The lowest BCUT2D eigenvalue weighted by Crippen LogP contribution is -2.54. The molecule has 2 aromatic rings. The van der Waals surface area contributed by atoms with Gasteiger partial charge < -0.3 is 44.5 Å². The van der Waals surface area contributed by atoms with Crippen molar-refractivity contribution in [1.82, 2.24) is 20.9 Å². The fourth-order valence-corrected chi connectivity index (χ4v) is 9.90. The zero-order valence-electron chi connectivity index (χ0n) is 42.2. The summed E-state index contributed by atoms with van der Waals surface area (Å²) in [4.78, 5) is 71.5. The van der Waals surface area contributed by atoms with Gasteiger partial charge in [0.05, 0.1) is 56.9 Å². The van der Waals surface area contributed by atoms with Crippen molar-refractivity contribution in [2.24, 2.45) is 41.4 Å². The molecule has 3 unspecified atom stereocenters. The molecule has 67 heavy (non-hydrogen) atoms. The number of hydrogen-bond donors (Lipinski definition) is 3. The Labute approximate surface area is 398 Å². The first-order valence-electron chi connectivity index (χ1n) is 24.1. The Bertz CT molecular complexity index is 1960. The van der Waals surface area contributed by atoms with Crippen molar-refractivity contribution in [2.45, 2.75) is 149 Å². The van der Waals surface area contributed by atoms with Gasteiger partial charge in [-0.3, -0.25) is 19.2 Å². The Hall–Kier alpha value is -4.60. The van der Waals surface area contributed by atoms with Crippen molar-refractivity contribution < 1.29 is 52.0 Å². The minimum absolute atomic E-state index is 0.0111. The number of halogens is 1. The van der Waals surface area contributed by atoms with E-state index in [0.717, 1.165) is 12.8 Å². The molecule has 2 aromatic carbocycles. The molecule has 0 radical (unpaired) electrons. The van der Waals surface area contributed by atoms with Crippen LogP contribution in [-0.4, -0.2) is 112 Å². The molecule has 0 spiro atoms. The maximum absolute atomic E-state index is 15.0. The number of ether oxygens (including phenoxy) is 5. The number of piperidine rings is 1. The first kappa shape index (κ1) is 55.0. The van der Waals surface area contributed by atoms with E-state index in [2.05, 4.69) is 29.8 Å². The van der Waals surface area contributed by atoms with Crippen LogP contribution in [0.1, 0.15) is 105 Å². The topological polar surface area (TPSA) is 171 Å². The molecule has 1 saturated heterocycles. The highest BCUT2D eigenvalue weighted by atomic mass is 19.1. The van der Waals surface area contributed by atoms with E-state index in [1.807, 2.05) is 39.5 Å². The third kappa shape index (κ3) is 14.2. The van der Waals surface area contributed by atoms with E-state index < -0.39 is 60.0 Å². The minimum atomic E-state index is -1.24. The fraction of sp³-hybridized carbons (Fsp3) is 0.673. The third-order valence-corrected chi connectivity index (χ3v) is 14.3. The standard InChI is InChI=1S/C52H79FN4O10/c1-14-31(6)38(22-19-32(7)48(59)46(29(2)3)56-51(61)47(54-9)30(4)5)44(65-12)27-45(58)57-41-24-36(41)25-42(57)49(66-13)33(8)50(60)55-40(23-34-17-15-16-18-39(34)53)52(62)67-28-35-20-21-37(63-10)26-43(35)64-11/h15-18,20-21,26,29-33,36,38,40-42,44,46-47,49,54H,14,19,22-25,27-28H2,1-13H3,(H,55,60)(H,56,61)/t31-,32?,33+,36-,38?,40?,41-,42-,44+,46-,47-,49+/m0/s1. The molecule has 1 heterocycles. The molecule has 1 aliphatic carbocycles. The summed E-state index contributed by atoms with van der Waals surface area (Å²) in [6.07, 6.45) is 2.38. The van der Waals surface area contributed by atoms with Crippen molar-refractivity contribution in [3.05, 3.63) is 59.4 Å². The van der Waals surface area contributed by atoms with Crippen LogP contribution in [0.2, 0.25) is 0 Å². The predicted molar refractivity (Wildman–Crippen MR) is 255 cm³/mol. The molecule has 0 aromatic heterocycles. The number of carbonyl (C=O) groups is 5. The smallest absolute Gasteiger partial charge is 0.329 e. The number of nitrogens with one attached hydrogen (secondary N) is 3. The average Bonchev–Trinajstić information content (AvgIpc) is 3.97. The molecule has 4 rings (SSSR count). The zero-order valence-corrected chi connectivity index (χ0v) is 42.2. The normalized spacial score (nSPS) is 20.7. The summed E-state index contributed by atoms with van der Waals surface area (Å²) >= 11 is 0. The Morgan fingerprint density at radius 1 is 0.806 bits per heavy atom. The van der Waals surface area contributed by atoms with Crippen LogP contribution in [0.25, 0.3) is 0 Å². The molecule has 15 heteroatoms. The van der Waals surface area contributed by atoms with Gasteiger partial charge in [0.1, 0.15) is 30.0 Å². The number of likely N-dealkylation sites (N-methyl/N-ethyl adjacent to an activating group) is 1. The number of amides is 3. The second-order valence-electron chi connectivity index (χ2n) is 19.4. The Balaban J connectivity index is 1.48. The minimum Gasteiger partial charge on any atom is -0.497 e. The van der Waals surface area contributed by atoms with E-state index in [1.165, 1.54) is 27.4 Å². The van der Waals surface area contributed by atoms with E-state index >= 15 is 0 Å². The van der Waals surface area contributed by atoms with Gasteiger partial charge in [0.15, 0.2) is 5.78 Å². The van der Waals surface area contributed by atoms with Crippen LogP contribution in [0, 0.1) is 47.2 Å². The highest BCUT2D eigenvalue weighted by Gasteiger charge is 2.57. The lowest BCUT2D eigenvalue weighted by molar-refractivity contribution is -0.150. The summed E-state index contributed by atoms with van der Waals surface area (Å²) in [6, 6.07) is 8.47. The second kappa shape index (κ2) is 25.7. The number of rotatable bonds is 28. The average molecular weight is 939 g/mol. The molecular formula is C52H79FN4O10. The summed E-state index contributed by atoms with van der Waals surface area (Å²) < 4.78 is 43.6. The summed E-state index contributed by atoms with van der Waals surface area (Å²) in [5.41, 5.74) is 0.802. The lowest BCUT2D eigenvalue weighted by atomic mass is 9.79.